The van der Waals surface area contributed by atoms with Crippen molar-refractivity contribution in [1.29, 1.82) is 0 Å². The molecule has 1 amide bonds. The summed E-state index contributed by atoms with van der Waals surface area (Å²) in [5, 5.41) is 14.7. The molecule has 5 rings (SSSR count). The standard InChI is InChI=1S/C23H19ClN2O2S/c1-13-12-29-23-19(27)8-18-22(21(13)23)15(9-24)11-26(18)20(28)7-6-14-10-25-17-5-3-2-4-16(14)17/h2-8,10,12,15,25,27H,9,11H2,1H3. The number of nitrogens with one attached hydrogen (secondary N) is 1. The van der Waals surface area contributed by atoms with Crippen molar-refractivity contribution in [2.45, 2.75) is 12.8 Å². The number of anilines is 1. The normalized spacial score (nSPS) is 16.3. The van der Waals surface area contributed by atoms with Gasteiger partial charge in [0.15, 0.2) is 0 Å². The number of nitrogens with zero attached hydrogens (tertiary/aromatic N) is 1. The molecule has 1 aliphatic heterocycles. The summed E-state index contributed by atoms with van der Waals surface area (Å²) in [7, 11) is 0. The minimum absolute atomic E-state index is 0.0495. The first-order chi connectivity index (χ1) is 14.1. The summed E-state index contributed by atoms with van der Waals surface area (Å²) in [6.45, 7) is 2.55. The molecule has 0 spiro atoms. The molecule has 29 heavy (non-hydrogen) atoms. The van der Waals surface area contributed by atoms with Crippen molar-refractivity contribution in [3.05, 3.63) is 64.7 Å². The van der Waals surface area contributed by atoms with Gasteiger partial charge < -0.3 is 15.0 Å². The van der Waals surface area contributed by atoms with Crippen molar-refractivity contribution in [1.82, 2.24) is 4.98 Å². The number of para-hydroxylation sites is 1. The molecule has 4 nitrogen and oxygen atoms in total. The number of hydrogen-bond acceptors (Lipinski definition) is 3. The van der Waals surface area contributed by atoms with Crippen molar-refractivity contribution < 1.29 is 9.90 Å². The molecule has 2 aromatic carbocycles. The number of carbonyl (C=O) groups excluding carboxylic acids is 1. The molecule has 4 aromatic rings. The Labute approximate surface area is 177 Å². The molecule has 2 aromatic heterocycles. The Morgan fingerprint density at radius 3 is 3.07 bits per heavy atom. The van der Waals surface area contributed by atoms with Crippen molar-refractivity contribution in [3.63, 3.8) is 0 Å². The van der Waals surface area contributed by atoms with Crippen LogP contribution in [0.5, 0.6) is 5.75 Å². The number of amides is 1. The Morgan fingerprint density at radius 2 is 2.24 bits per heavy atom. The third-order valence-electron chi connectivity index (χ3n) is 5.61. The summed E-state index contributed by atoms with van der Waals surface area (Å²) in [6, 6.07) is 9.70. The van der Waals surface area contributed by atoms with E-state index in [1.54, 1.807) is 17.0 Å². The Kier molecular flexibility index (Phi) is 4.37. The molecule has 0 radical (unpaired) electrons. The van der Waals surface area contributed by atoms with Crippen LogP contribution in [0.15, 0.2) is 48.0 Å². The van der Waals surface area contributed by atoms with Crippen molar-refractivity contribution in [2.75, 3.05) is 17.3 Å². The average Bonchev–Trinajstić information content (AvgIpc) is 3.41. The number of rotatable bonds is 3. The van der Waals surface area contributed by atoms with E-state index < -0.39 is 0 Å². The number of aromatic hydroxyl groups is 1. The average molecular weight is 423 g/mol. The van der Waals surface area contributed by atoms with Crippen LogP contribution in [-0.4, -0.2) is 28.4 Å². The third kappa shape index (κ3) is 2.84. The number of H-pyrrole nitrogens is 1. The predicted octanol–water partition coefficient (Wildman–Crippen LogP) is 5.78. The number of thiophene rings is 1. The molecule has 0 bridgehead atoms. The lowest BCUT2D eigenvalue weighted by Gasteiger charge is -2.16. The van der Waals surface area contributed by atoms with Crippen molar-refractivity contribution >= 4 is 61.6 Å². The first-order valence-electron chi connectivity index (χ1n) is 9.43. The van der Waals surface area contributed by atoms with E-state index in [9.17, 15) is 9.90 Å². The number of aryl methyl sites for hydroxylation is 1. The summed E-state index contributed by atoms with van der Waals surface area (Å²) in [5.74, 6) is 0.577. The van der Waals surface area contributed by atoms with Gasteiger partial charge in [0.05, 0.1) is 10.4 Å². The van der Waals surface area contributed by atoms with Crippen molar-refractivity contribution in [3.8, 4) is 5.75 Å². The maximum Gasteiger partial charge on any atom is 0.251 e. The van der Waals surface area contributed by atoms with Crippen LogP contribution in [-0.2, 0) is 4.79 Å². The predicted molar refractivity (Wildman–Crippen MR) is 121 cm³/mol. The SMILES string of the molecule is Cc1csc2c(O)cc3c(c12)C(CCl)CN3C(=O)C=Cc1c[nH]c2ccccc12. The Morgan fingerprint density at radius 1 is 1.41 bits per heavy atom. The monoisotopic (exact) mass is 422 g/mol. The first-order valence-corrected chi connectivity index (χ1v) is 10.8. The molecule has 146 valence electrons. The van der Waals surface area contributed by atoms with Gasteiger partial charge in [0.2, 0.25) is 0 Å². The van der Waals surface area contributed by atoms with Gasteiger partial charge in [-0.15, -0.1) is 22.9 Å². The Bertz CT molecular complexity index is 1290. The molecule has 0 fully saturated rings. The number of carbonyl (C=O) groups is 1. The van der Waals surface area contributed by atoms with Crippen LogP contribution in [0.25, 0.3) is 27.1 Å². The number of phenolic OH excluding ortho intramolecular Hbond substituents is 1. The third-order valence-corrected chi connectivity index (χ3v) is 7.10. The van der Waals surface area contributed by atoms with Gasteiger partial charge in [-0.25, -0.2) is 0 Å². The van der Waals surface area contributed by atoms with Gasteiger partial charge in [-0.3, -0.25) is 4.79 Å². The van der Waals surface area contributed by atoms with Gasteiger partial charge in [-0.05, 0) is 41.1 Å². The summed E-state index contributed by atoms with van der Waals surface area (Å²) >= 11 is 7.79. The number of fused-ring (bicyclic) bond motifs is 4. The summed E-state index contributed by atoms with van der Waals surface area (Å²) in [4.78, 5) is 18.0. The molecule has 0 saturated heterocycles. The van der Waals surface area contributed by atoms with Gasteiger partial charge in [0, 0.05) is 53.0 Å². The lowest BCUT2D eigenvalue weighted by molar-refractivity contribution is -0.114. The quantitative estimate of drug-likeness (QED) is 0.325. The van der Waals surface area contributed by atoms with Crippen LogP contribution >= 0.6 is 22.9 Å². The molecule has 2 N–H and O–H groups in total. The van der Waals surface area contributed by atoms with Crippen LogP contribution < -0.4 is 4.90 Å². The van der Waals surface area contributed by atoms with Gasteiger partial charge in [0.25, 0.3) is 5.91 Å². The van der Waals surface area contributed by atoms with Gasteiger partial charge in [0.1, 0.15) is 5.75 Å². The highest BCUT2D eigenvalue weighted by atomic mass is 35.5. The Hall–Kier alpha value is -2.76. The topological polar surface area (TPSA) is 56.3 Å². The van der Waals surface area contributed by atoms with Crippen LogP contribution in [0, 0.1) is 6.92 Å². The number of hydrogen-bond donors (Lipinski definition) is 2. The van der Waals surface area contributed by atoms with E-state index in [1.807, 2.05) is 48.8 Å². The molecule has 1 aliphatic rings. The van der Waals surface area contributed by atoms with E-state index >= 15 is 0 Å². The van der Waals surface area contributed by atoms with E-state index in [0.717, 1.165) is 43.4 Å². The number of aromatic nitrogens is 1. The zero-order chi connectivity index (χ0) is 20.1. The van der Waals surface area contributed by atoms with Gasteiger partial charge in [-0.1, -0.05) is 18.2 Å². The van der Waals surface area contributed by atoms with E-state index in [0.29, 0.717) is 12.4 Å². The molecular formula is C23H19ClN2O2S. The van der Waals surface area contributed by atoms with Crippen LogP contribution in [0.2, 0.25) is 0 Å². The molecule has 1 unspecified atom stereocenters. The molecule has 0 saturated carbocycles. The zero-order valence-corrected chi connectivity index (χ0v) is 17.3. The minimum Gasteiger partial charge on any atom is -0.506 e. The van der Waals surface area contributed by atoms with Gasteiger partial charge >= 0.3 is 0 Å². The first kappa shape index (κ1) is 18.3. The number of benzene rings is 2. The summed E-state index contributed by atoms with van der Waals surface area (Å²) < 4.78 is 0.861. The van der Waals surface area contributed by atoms with E-state index in [-0.39, 0.29) is 17.6 Å². The maximum atomic E-state index is 13.1. The second kappa shape index (κ2) is 6.94. The Balaban J connectivity index is 1.54. The molecule has 6 heteroatoms. The largest absolute Gasteiger partial charge is 0.506 e. The number of halogens is 1. The number of phenols is 1. The number of alkyl halides is 1. The highest BCUT2D eigenvalue weighted by molar-refractivity contribution is 7.17. The highest BCUT2D eigenvalue weighted by Crippen LogP contribution is 2.48. The molecule has 0 aliphatic carbocycles. The second-order valence-electron chi connectivity index (χ2n) is 7.37. The molecule has 1 atom stereocenters. The summed E-state index contributed by atoms with van der Waals surface area (Å²) in [5.41, 5.74) is 4.94. The zero-order valence-electron chi connectivity index (χ0n) is 15.8. The smallest absolute Gasteiger partial charge is 0.251 e. The fourth-order valence-electron chi connectivity index (χ4n) is 4.23. The van der Waals surface area contributed by atoms with E-state index in [4.69, 9.17) is 11.6 Å². The fraction of sp³-hybridized carbons (Fsp3) is 0.174. The minimum atomic E-state index is -0.115. The van der Waals surface area contributed by atoms with Crippen LogP contribution in [0.1, 0.15) is 22.6 Å². The second-order valence-corrected chi connectivity index (χ2v) is 8.56. The van der Waals surface area contributed by atoms with Gasteiger partial charge in [-0.2, -0.15) is 0 Å². The van der Waals surface area contributed by atoms with E-state index in [2.05, 4.69) is 4.98 Å². The molecule has 3 heterocycles. The van der Waals surface area contributed by atoms with Crippen LogP contribution in [0.4, 0.5) is 5.69 Å². The lowest BCUT2D eigenvalue weighted by Crippen LogP contribution is -2.28. The maximum absolute atomic E-state index is 13.1. The fourth-order valence-corrected chi connectivity index (χ4v) is 5.47. The van der Waals surface area contributed by atoms with E-state index in [1.165, 1.54) is 11.3 Å². The van der Waals surface area contributed by atoms with Crippen molar-refractivity contribution in [2.24, 2.45) is 0 Å². The number of aromatic amines is 1. The highest BCUT2D eigenvalue weighted by Gasteiger charge is 2.34. The van der Waals surface area contributed by atoms with Crippen LogP contribution in [0.3, 0.4) is 0 Å². The summed E-state index contributed by atoms with van der Waals surface area (Å²) in [6.07, 6.45) is 5.33. The molecular weight excluding hydrogens is 404 g/mol. The lowest BCUT2D eigenvalue weighted by atomic mass is 9.97.